The summed E-state index contributed by atoms with van der Waals surface area (Å²) in [7, 11) is 4.36. The van der Waals surface area contributed by atoms with E-state index < -0.39 is 0 Å². The lowest BCUT2D eigenvalue weighted by Crippen LogP contribution is -2.38. The molecule has 1 fully saturated rings. The van der Waals surface area contributed by atoms with Gasteiger partial charge in [-0.1, -0.05) is 38.1 Å². The van der Waals surface area contributed by atoms with Gasteiger partial charge in [0.25, 0.3) is 0 Å². The SMILES string of the molecule is CC(C)CC(CNCc1ccc(C2CC2)cc1)N(C)C. The molecule has 0 aromatic heterocycles. The fourth-order valence-corrected chi connectivity index (χ4v) is 2.73. The summed E-state index contributed by atoms with van der Waals surface area (Å²) in [5, 5.41) is 3.61. The molecular weight excluding hydrogens is 244 g/mol. The summed E-state index contributed by atoms with van der Waals surface area (Å²) in [5.74, 6) is 1.61. The first-order chi connectivity index (χ1) is 9.56. The molecule has 0 radical (unpaired) electrons. The number of hydrogen-bond donors (Lipinski definition) is 1. The van der Waals surface area contributed by atoms with Gasteiger partial charge in [0.05, 0.1) is 0 Å². The molecule has 0 amide bonds. The van der Waals surface area contributed by atoms with Crippen LogP contribution in [0.15, 0.2) is 24.3 Å². The highest BCUT2D eigenvalue weighted by Crippen LogP contribution is 2.39. The third-order valence-corrected chi connectivity index (χ3v) is 4.21. The first-order valence-electron chi connectivity index (χ1n) is 8.02. The van der Waals surface area contributed by atoms with Gasteiger partial charge in [-0.2, -0.15) is 0 Å². The van der Waals surface area contributed by atoms with Crippen LogP contribution in [0.1, 0.15) is 50.2 Å². The van der Waals surface area contributed by atoms with Crippen molar-refractivity contribution in [3.8, 4) is 0 Å². The second kappa shape index (κ2) is 7.24. The molecule has 0 spiro atoms. The van der Waals surface area contributed by atoms with E-state index in [9.17, 15) is 0 Å². The molecule has 2 heteroatoms. The van der Waals surface area contributed by atoms with Gasteiger partial charge in [0.2, 0.25) is 0 Å². The largest absolute Gasteiger partial charge is 0.311 e. The van der Waals surface area contributed by atoms with Gasteiger partial charge in [-0.3, -0.25) is 0 Å². The summed E-state index contributed by atoms with van der Waals surface area (Å²) in [6, 6.07) is 9.82. The van der Waals surface area contributed by atoms with Crippen LogP contribution < -0.4 is 5.32 Å². The fourth-order valence-electron chi connectivity index (χ4n) is 2.73. The Morgan fingerprint density at radius 1 is 1.15 bits per heavy atom. The molecule has 1 atom stereocenters. The zero-order valence-electron chi connectivity index (χ0n) is 13.5. The Kier molecular flexibility index (Phi) is 5.62. The quantitative estimate of drug-likeness (QED) is 0.779. The van der Waals surface area contributed by atoms with Crippen LogP contribution >= 0.6 is 0 Å². The van der Waals surface area contributed by atoms with E-state index >= 15 is 0 Å². The lowest BCUT2D eigenvalue weighted by atomic mass is 10.0. The molecule has 1 unspecified atom stereocenters. The molecule has 0 bridgehead atoms. The van der Waals surface area contributed by atoms with Crippen molar-refractivity contribution >= 4 is 0 Å². The number of nitrogens with zero attached hydrogens (tertiary/aromatic N) is 1. The monoisotopic (exact) mass is 274 g/mol. The predicted molar refractivity (Wildman–Crippen MR) is 87.1 cm³/mol. The minimum absolute atomic E-state index is 0.626. The Morgan fingerprint density at radius 2 is 1.80 bits per heavy atom. The van der Waals surface area contributed by atoms with Crippen molar-refractivity contribution in [1.29, 1.82) is 0 Å². The molecule has 1 aromatic rings. The van der Waals surface area contributed by atoms with E-state index in [1.165, 1.54) is 30.4 Å². The molecule has 112 valence electrons. The van der Waals surface area contributed by atoms with Gasteiger partial charge in [0.15, 0.2) is 0 Å². The Labute approximate surface area is 124 Å². The molecular formula is C18H30N2. The number of hydrogen-bond acceptors (Lipinski definition) is 2. The smallest absolute Gasteiger partial charge is 0.0217 e. The number of benzene rings is 1. The summed E-state index contributed by atoms with van der Waals surface area (Å²) >= 11 is 0. The van der Waals surface area contributed by atoms with E-state index in [-0.39, 0.29) is 0 Å². The molecule has 1 saturated carbocycles. The standard InChI is InChI=1S/C18H30N2/c1-14(2)11-18(20(3)4)13-19-12-15-5-7-16(8-6-15)17-9-10-17/h5-8,14,17-19H,9-13H2,1-4H3. The van der Waals surface area contributed by atoms with Crippen molar-refractivity contribution in [3.63, 3.8) is 0 Å². The fraction of sp³-hybridized carbons (Fsp3) is 0.667. The maximum absolute atomic E-state index is 3.61. The first-order valence-corrected chi connectivity index (χ1v) is 8.02. The molecule has 0 saturated heterocycles. The van der Waals surface area contributed by atoms with E-state index in [4.69, 9.17) is 0 Å². The van der Waals surface area contributed by atoms with Crippen LogP contribution in [0.4, 0.5) is 0 Å². The molecule has 1 aliphatic rings. The summed E-state index contributed by atoms with van der Waals surface area (Å²) < 4.78 is 0. The van der Waals surface area contributed by atoms with Gasteiger partial charge in [0, 0.05) is 19.1 Å². The second-order valence-corrected chi connectivity index (χ2v) is 6.89. The van der Waals surface area contributed by atoms with E-state index in [0.717, 1.165) is 24.9 Å². The molecule has 1 N–H and O–H groups in total. The van der Waals surface area contributed by atoms with Crippen LogP contribution in [0.3, 0.4) is 0 Å². The maximum atomic E-state index is 3.61. The van der Waals surface area contributed by atoms with Crippen molar-refractivity contribution in [2.24, 2.45) is 5.92 Å². The Hall–Kier alpha value is -0.860. The number of nitrogens with one attached hydrogen (secondary N) is 1. The Bertz CT molecular complexity index is 390. The Morgan fingerprint density at radius 3 is 2.30 bits per heavy atom. The van der Waals surface area contributed by atoms with E-state index in [0.29, 0.717) is 6.04 Å². The van der Waals surface area contributed by atoms with Crippen LogP contribution in [0.25, 0.3) is 0 Å². The number of likely N-dealkylation sites (N-methyl/N-ethyl adjacent to an activating group) is 1. The molecule has 20 heavy (non-hydrogen) atoms. The second-order valence-electron chi connectivity index (χ2n) is 6.89. The summed E-state index contributed by atoms with van der Waals surface area (Å²) in [4.78, 5) is 2.34. The molecule has 1 aliphatic carbocycles. The van der Waals surface area contributed by atoms with Crippen molar-refractivity contribution in [1.82, 2.24) is 10.2 Å². The van der Waals surface area contributed by atoms with Gasteiger partial charge in [-0.25, -0.2) is 0 Å². The van der Waals surface area contributed by atoms with Gasteiger partial charge < -0.3 is 10.2 Å². The van der Waals surface area contributed by atoms with E-state index in [1.807, 2.05) is 0 Å². The third-order valence-electron chi connectivity index (χ3n) is 4.21. The van der Waals surface area contributed by atoms with Crippen LogP contribution in [-0.4, -0.2) is 31.6 Å². The van der Waals surface area contributed by atoms with E-state index in [1.54, 1.807) is 0 Å². The van der Waals surface area contributed by atoms with Crippen molar-refractivity contribution in [3.05, 3.63) is 35.4 Å². The Balaban J connectivity index is 1.75. The van der Waals surface area contributed by atoms with Crippen LogP contribution in [-0.2, 0) is 6.54 Å². The first kappa shape index (κ1) is 15.5. The highest BCUT2D eigenvalue weighted by molar-refractivity contribution is 5.27. The van der Waals surface area contributed by atoms with Gasteiger partial charge in [-0.15, -0.1) is 0 Å². The topological polar surface area (TPSA) is 15.3 Å². The minimum atomic E-state index is 0.626. The minimum Gasteiger partial charge on any atom is -0.311 e. The lowest BCUT2D eigenvalue weighted by Gasteiger charge is -2.26. The molecule has 0 aliphatic heterocycles. The van der Waals surface area contributed by atoms with Crippen molar-refractivity contribution in [2.45, 2.75) is 51.6 Å². The molecule has 2 rings (SSSR count). The lowest BCUT2D eigenvalue weighted by molar-refractivity contribution is 0.246. The van der Waals surface area contributed by atoms with Crippen LogP contribution in [0.5, 0.6) is 0 Å². The van der Waals surface area contributed by atoms with Crippen LogP contribution in [0, 0.1) is 5.92 Å². The number of rotatable bonds is 8. The van der Waals surface area contributed by atoms with Crippen molar-refractivity contribution < 1.29 is 0 Å². The van der Waals surface area contributed by atoms with Crippen molar-refractivity contribution in [2.75, 3.05) is 20.6 Å². The average molecular weight is 274 g/mol. The highest BCUT2D eigenvalue weighted by Gasteiger charge is 2.22. The highest BCUT2D eigenvalue weighted by atomic mass is 15.1. The van der Waals surface area contributed by atoms with Gasteiger partial charge >= 0.3 is 0 Å². The van der Waals surface area contributed by atoms with Gasteiger partial charge in [-0.05, 0) is 56.3 Å². The van der Waals surface area contributed by atoms with Crippen LogP contribution in [0.2, 0.25) is 0 Å². The molecule has 1 aromatic carbocycles. The summed E-state index contributed by atoms with van der Waals surface area (Å²) in [6.07, 6.45) is 4.02. The molecule has 2 nitrogen and oxygen atoms in total. The molecule has 0 heterocycles. The zero-order chi connectivity index (χ0) is 14.5. The summed E-state index contributed by atoms with van der Waals surface area (Å²) in [6.45, 7) is 6.64. The van der Waals surface area contributed by atoms with Gasteiger partial charge in [0.1, 0.15) is 0 Å². The normalized spacial score (nSPS) is 16.9. The van der Waals surface area contributed by atoms with E-state index in [2.05, 4.69) is 62.4 Å². The summed E-state index contributed by atoms with van der Waals surface area (Å²) in [5.41, 5.74) is 2.93. The third kappa shape index (κ3) is 4.92. The predicted octanol–water partition coefficient (Wildman–Crippen LogP) is 3.63. The zero-order valence-corrected chi connectivity index (χ0v) is 13.5. The average Bonchev–Trinajstić information content (AvgIpc) is 3.22. The maximum Gasteiger partial charge on any atom is 0.0217 e.